The number of benzene rings is 1. The quantitative estimate of drug-likeness (QED) is 0.902. The second-order valence-electron chi connectivity index (χ2n) is 4.32. The number of aromatic amines is 1. The molecular formula is C12H13ClN2O3S2. The largest absolute Gasteiger partial charge is 0.315 e. The molecule has 0 aliphatic rings. The van der Waals surface area contributed by atoms with Gasteiger partial charge in [-0.2, -0.15) is 0 Å². The Morgan fingerprint density at radius 2 is 1.90 bits per heavy atom. The molecule has 0 aliphatic carbocycles. The van der Waals surface area contributed by atoms with Crippen molar-refractivity contribution in [2.45, 2.75) is 24.1 Å². The number of aromatic nitrogens is 1. The molecule has 0 bridgehead atoms. The third kappa shape index (κ3) is 3.29. The summed E-state index contributed by atoms with van der Waals surface area (Å²) in [6.45, 7) is 3.28. The van der Waals surface area contributed by atoms with Crippen LogP contribution in [0, 0.1) is 6.92 Å². The van der Waals surface area contributed by atoms with Gasteiger partial charge in [-0.1, -0.05) is 35.1 Å². The van der Waals surface area contributed by atoms with Crippen molar-refractivity contribution >= 4 is 33.0 Å². The lowest BCUT2D eigenvalue weighted by Gasteiger charge is -2.14. The van der Waals surface area contributed by atoms with Crippen molar-refractivity contribution in [3.8, 4) is 0 Å². The van der Waals surface area contributed by atoms with E-state index in [4.69, 9.17) is 11.6 Å². The van der Waals surface area contributed by atoms with Crippen molar-refractivity contribution < 1.29 is 8.42 Å². The fourth-order valence-electron chi connectivity index (χ4n) is 1.75. The Bertz CT molecular complexity index is 763. The standard InChI is InChI=1S/C12H13ClN2O3S2/c1-7(9-3-5-10(13)6-4-9)15-20(17,18)11-8(2)14-12(16)19-11/h3-7,15H,1-2H3,(H,14,16). The molecule has 2 rings (SSSR count). The van der Waals surface area contributed by atoms with E-state index in [2.05, 4.69) is 9.71 Å². The van der Waals surface area contributed by atoms with E-state index in [1.165, 1.54) is 0 Å². The fourth-order valence-corrected chi connectivity index (χ4v) is 4.43. The third-order valence-electron chi connectivity index (χ3n) is 2.73. The SMILES string of the molecule is Cc1[nH]c(=O)sc1S(=O)(=O)NC(C)c1ccc(Cl)cc1. The number of rotatable bonds is 4. The topological polar surface area (TPSA) is 79.0 Å². The van der Waals surface area contributed by atoms with E-state index in [9.17, 15) is 13.2 Å². The van der Waals surface area contributed by atoms with Crippen LogP contribution in [0.5, 0.6) is 0 Å². The predicted molar refractivity (Wildman–Crippen MR) is 79.9 cm³/mol. The molecule has 1 aromatic heterocycles. The van der Waals surface area contributed by atoms with Gasteiger partial charge in [-0.15, -0.1) is 0 Å². The number of hydrogen-bond donors (Lipinski definition) is 2. The van der Waals surface area contributed by atoms with Crippen LogP contribution in [0.15, 0.2) is 33.3 Å². The van der Waals surface area contributed by atoms with Crippen molar-refractivity contribution in [2.24, 2.45) is 0 Å². The molecule has 5 nitrogen and oxygen atoms in total. The zero-order chi connectivity index (χ0) is 14.9. The summed E-state index contributed by atoms with van der Waals surface area (Å²) in [6.07, 6.45) is 0. The second-order valence-corrected chi connectivity index (χ2v) is 7.65. The molecule has 1 heterocycles. The molecule has 0 amide bonds. The lowest BCUT2D eigenvalue weighted by atomic mass is 10.1. The van der Waals surface area contributed by atoms with Crippen LogP contribution in [0.3, 0.4) is 0 Å². The van der Waals surface area contributed by atoms with Gasteiger partial charge in [-0.25, -0.2) is 13.1 Å². The van der Waals surface area contributed by atoms with Gasteiger partial charge < -0.3 is 4.98 Å². The summed E-state index contributed by atoms with van der Waals surface area (Å²) in [5.74, 6) is 0. The molecule has 0 saturated carbocycles. The number of halogens is 1. The van der Waals surface area contributed by atoms with Gasteiger partial charge in [0.2, 0.25) is 0 Å². The van der Waals surface area contributed by atoms with Crippen LogP contribution in [0.1, 0.15) is 24.2 Å². The zero-order valence-electron chi connectivity index (χ0n) is 10.8. The van der Waals surface area contributed by atoms with Crippen molar-refractivity contribution in [2.75, 3.05) is 0 Å². The maximum atomic E-state index is 12.2. The average Bonchev–Trinajstić information content (AvgIpc) is 2.69. The molecule has 0 spiro atoms. The van der Waals surface area contributed by atoms with Crippen molar-refractivity contribution in [1.82, 2.24) is 9.71 Å². The summed E-state index contributed by atoms with van der Waals surface area (Å²) >= 11 is 6.47. The minimum atomic E-state index is -3.72. The summed E-state index contributed by atoms with van der Waals surface area (Å²) in [4.78, 5) is 13.3. The van der Waals surface area contributed by atoms with E-state index in [0.29, 0.717) is 22.1 Å². The first kappa shape index (κ1) is 15.2. The van der Waals surface area contributed by atoms with E-state index < -0.39 is 16.1 Å². The first-order valence-corrected chi connectivity index (χ1v) is 8.45. The van der Waals surface area contributed by atoms with Crippen LogP contribution in [0.4, 0.5) is 0 Å². The minimum Gasteiger partial charge on any atom is -0.315 e. The average molecular weight is 333 g/mol. The van der Waals surface area contributed by atoms with Gasteiger partial charge in [0.25, 0.3) is 10.0 Å². The molecule has 0 aliphatic heterocycles. The number of aryl methyl sites for hydroxylation is 1. The minimum absolute atomic E-state index is 0.0170. The molecule has 0 radical (unpaired) electrons. The van der Waals surface area contributed by atoms with Crippen molar-refractivity contribution in [3.63, 3.8) is 0 Å². The van der Waals surface area contributed by atoms with E-state index in [1.807, 2.05) is 0 Å². The Balaban J connectivity index is 2.26. The van der Waals surface area contributed by atoms with Gasteiger partial charge in [0.1, 0.15) is 0 Å². The van der Waals surface area contributed by atoms with Crippen LogP contribution < -0.4 is 9.60 Å². The molecule has 2 N–H and O–H groups in total. The normalized spacial score (nSPS) is 13.3. The first-order chi connectivity index (χ1) is 9.29. The van der Waals surface area contributed by atoms with Gasteiger partial charge in [0, 0.05) is 16.8 Å². The molecule has 20 heavy (non-hydrogen) atoms. The maximum Gasteiger partial charge on any atom is 0.305 e. The highest BCUT2D eigenvalue weighted by molar-refractivity contribution is 7.91. The summed E-state index contributed by atoms with van der Waals surface area (Å²) in [6, 6.07) is 6.47. The Kier molecular flexibility index (Phi) is 4.33. The number of nitrogens with one attached hydrogen (secondary N) is 2. The van der Waals surface area contributed by atoms with E-state index in [0.717, 1.165) is 5.56 Å². The smallest absolute Gasteiger partial charge is 0.305 e. The van der Waals surface area contributed by atoms with Crippen LogP contribution >= 0.6 is 22.9 Å². The van der Waals surface area contributed by atoms with Gasteiger partial charge in [0.05, 0.1) is 0 Å². The Labute approximate surface area is 125 Å². The van der Waals surface area contributed by atoms with Crippen LogP contribution in [-0.4, -0.2) is 13.4 Å². The van der Waals surface area contributed by atoms with Gasteiger partial charge >= 0.3 is 4.87 Å². The lowest BCUT2D eigenvalue weighted by molar-refractivity contribution is 0.568. The van der Waals surface area contributed by atoms with Crippen molar-refractivity contribution in [3.05, 3.63) is 50.2 Å². The van der Waals surface area contributed by atoms with Gasteiger partial charge in [0.15, 0.2) is 4.21 Å². The first-order valence-electron chi connectivity index (χ1n) is 5.77. The molecule has 2 aromatic rings. The zero-order valence-corrected chi connectivity index (χ0v) is 13.2. The predicted octanol–water partition coefficient (Wildman–Crippen LogP) is 2.44. The summed E-state index contributed by atoms with van der Waals surface area (Å²) < 4.78 is 27.0. The van der Waals surface area contributed by atoms with Gasteiger partial charge in [-0.3, -0.25) is 4.79 Å². The fraction of sp³-hybridized carbons (Fsp3) is 0.250. The summed E-state index contributed by atoms with van der Waals surface area (Å²) in [5.41, 5.74) is 1.13. The van der Waals surface area contributed by atoms with E-state index in [-0.39, 0.29) is 9.08 Å². The van der Waals surface area contributed by atoms with Crippen LogP contribution in [-0.2, 0) is 10.0 Å². The monoisotopic (exact) mass is 332 g/mol. The molecule has 108 valence electrons. The number of hydrogen-bond acceptors (Lipinski definition) is 4. The number of sulfonamides is 1. The molecule has 1 unspecified atom stereocenters. The molecule has 0 saturated heterocycles. The van der Waals surface area contributed by atoms with E-state index in [1.54, 1.807) is 38.1 Å². The highest BCUT2D eigenvalue weighted by atomic mass is 35.5. The second kappa shape index (κ2) is 5.69. The number of thiazole rings is 1. The third-order valence-corrected chi connectivity index (χ3v) is 6.12. The summed E-state index contributed by atoms with van der Waals surface area (Å²) in [7, 11) is -3.72. The Morgan fingerprint density at radius 3 is 2.40 bits per heavy atom. The Morgan fingerprint density at radius 1 is 1.30 bits per heavy atom. The highest BCUT2D eigenvalue weighted by Gasteiger charge is 2.23. The van der Waals surface area contributed by atoms with Crippen molar-refractivity contribution in [1.29, 1.82) is 0 Å². The maximum absolute atomic E-state index is 12.2. The van der Waals surface area contributed by atoms with E-state index >= 15 is 0 Å². The molecular weight excluding hydrogens is 320 g/mol. The molecule has 0 fully saturated rings. The van der Waals surface area contributed by atoms with Gasteiger partial charge in [-0.05, 0) is 31.5 Å². The molecule has 8 heteroatoms. The Hall–Kier alpha value is -1.15. The highest BCUT2D eigenvalue weighted by Crippen LogP contribution is 2.21. The number of H-pyrrole nitrogens is 1. The lowest BCUT2D eigenvalue weighted by Crippen LogP contribution is -2.26. The van der Waals surface area contributed by atoms with Crippen LogP contribution in [0.2, 0.25) is 5.02 Å². The van der Waals surface area contributed by atoms with Crippen LogP contribution in [0.25, 0.3) is 0 Å². The molecule has 1 atom stereocenters. The summed E-state index contributed by atoms with van der Waals surface area (Å²) in [5, 5.41) is 0.587. The molecule has 1 aromatic carbocycles.